The van der Waals surface area contributed by atoms with Crippen LogP contribution in [-0.4, -0.2) is 29.1 Å². The molecule has 0 fully saturated rings. The van der Waals surface area contributed by atoms with Gasteiger partial charge in [-0.15, -0.1) is 0 Å². The molecule has 1 aromatic carbocycles. The van der Waals surface area contributed by atoms with Crippen molar-refractivity contribution in [1.82, 2.24) is 10.5 Å². The molecule has 22 heavy (non-hydrogen) atoms. The summed E-state index contributed by atoms with van der Waals surface area (Å²) in [6.07, 6.45) is 6.52. The number of aromatic nitrogens is 1. The summed E-state index contributed by atoms with van der Waals surface area (Å²) in [5.74, 6) is -0.352. The minimum absolute atomic E-state index is 0.331. The number of anilines is 1. The van der Waals surface area contributed by atoms with Gasteiger partial charge in [-0.3, -0.25) is 14.8 Å². The number of hydroxylamine groups is 1. The molecule has 0 aliphatic carbocycles. The minimum Gasteiger partial charge on any atom is -0.361 e. The number of rotatable bonds is 9. The number of H-pyrrole nitrogens is 1. The van der Waals surface area contributed by atoms with Gasteiger partial charge in [0.25, 0.3) is 0 Å². The van der Waals surface area contributed by atoms with E-state index in [1.54, 1.807) is 10.4 Å². The van der Waals surface area contributed by atoms with Crippen molar-refractivity contribution in [2.24, 2.45) is 0 Å². The van der Waals surface area contributed by atoms with Crippen molar-refractivity contribution in [1.29, 1.82) is 0 Å². The molecule has 1 heterocycles. The second-order valence-electron chi connectivity index (χ2n) is 5.25. The van der Waals surface area contributed by atoms with Gasteiger partial charge in [-0.25, -0.2) is 5.48 Å². The summed E-state index contributed by atoms with van der Waals surface area (Å²) in [7, 11) is 0. The number of carbonyl (C=O) groups is 2. The van der Waals surface area contributed by atoms with E-state index < -0.39 is 0 Å². The van der Waals surface area contributed by atoms with Crippen molar-refractivity contribution in [3.63, 3.8) is 0 Å². The highest BCUT2D eigenvalue weighted by atomic mass is 16.5. The summed E-state index contributed by atoms with van der Waals surface area (Å²) in [4.78, 5) is 26.9. The van der Waals surface area contributed by atoms with Gasteiger partial charge in [0.05, 0.1) is 0 Å². The van der Waals surface area contributed by atoms with Crippen LogP contribution in [0.5, 0.6) is 0 Å². The van der Waals surface area contributed by atoms with Crippen LogP contribution >= 0.6 is 0 Å². The topological polar surface area (TPSA) is 85.4 Å². The highest BCUT2D eigenvalue weighted by Crippen LogP contribution is 2.21. The molecular weight excluding hydrogens is 282 g/mol. The van der Waals surface area contributed by atoms with Crippen LogP contribution in [0.4, 0.5) is 5.69 Å². The average Bonchev–Trinajstić information content (AvgIpc) is 3.01. The van der Waals surface area contributed by atoms with E-state index in [0.717, 1.165) is 48.7 Å². The summed E-state index contributed by atoms with van der Waals surface area (Å²) in [5, 5.41) is 9.46. The third-order valence-corrected chi connectivity index (χ3v) is 3.67. The fraction of sp³-hybridized carbons (Fsp3) is 0.375. The van der Waals surface area contributed by atoms with E-state index in [1.165, 1.54) is 0 Å². The van der Waals surface area contributed by atoms with Gasteiger partial charge < -0.3 is 9.88 Å². The number of amides is 2. The molecule has 0 atom stereocenters. The third kappa shape index (κ3) is 4.33. The van der Waals surface area contributed by atoms with Gasteiger partial charge in [0, 0.05) is 35.8 Å². The number of hydrogen-bond donors (Lipinski definition) is 3. The number of hydrogen-bond acceptors (Lipinski definition) is 3. The standard InChI is InChI=1S/C16H21N3O3/c20-12-19(10-4-2-1-3-5-16(21)18-22)14-6-7-15-13(11-14)8-9-17-15/h6-9,11-12,17,22H,1-5,10H2,(H,18,21). The maximum atomic E-state index is 11.3. The number of carbonyl (C=O) groups excluding carboxylic acids is 2. The quantitative estimate of drug-likeness (QED) is 0.288. The van der Waals surface area contributed by atoms with Crippen molar-refractivity contribution in [2.75, 3.05) is 11.4 Å². The zero-order valence-corrected chi connectivity index (χ0v) is 12.4. The maximum absolute atomic E-state index is 11.3. The van der Waals surface area contributed by atoms with Crippen LogP contribution in [0.25, 0.3) is 10.9 Å². The first-order chi connectivity index (χ1) is 10.7. The Bertz CT molecular complexity index is 624. The third-order valence-electron chi connectivity index (χ3n) is 3.67. The van der Waals surface area contributed by atoms with Crippen molar-refractivity contribution < 1.29 is 14.8 Å². The number of aromatic amines is 1. The van der Waals surface area contributed by atoms with Gasteiger partial charge in [0.1, 0.15) is 0 Å². The Morgan fingerprint density at radius 2 is 2.05 bits per heavy atom. The normalized spacial score (nSPS) is 10.6. The molecule has 0 aliphatic heterocycles. The minimum atomic E-state index is -0.352. The van der Waals surface area contributed by atoms with Crippen LogP contribution in [0.15, 0.2) is 30.5 Å². The summed E-state index contributed by atoms with van der Waals surface area (Å²) in [6, 6.07) is 7.87. The molecular formula is C16H21N3O3. The molecule has 0 radical (unpaired) electrons. The lowest BCUT2D eigenvalue weighted by Gasteiger charge is -2.17. The lowest BCUT2D eigenvalue weighted by Crippen LogP contribution is -2.22. The average molecular weight is 303 g/mol. The molecule has 0 saturated carbocycles. The van der Waals surface area contributed by atoms with E-state index in [-0.39, 0.29) is 5.91 Å². The first-order valence-corrected chi connectivity index (χ1v) is 7.46. The van der Waals surface area contributed by atoms with Gasteiger partial charge in [0.2, 0.25) is 12.3 Å². The van der Waals surface area contributed by atoms with Crippen molar-refractivity contribution >= 4 is 28.9 Å². The number of nitrogens with zero attached hydrogens (tertiary/aromatic N) is 1. The second kappa shape index (κ2) is 8.19. The van der Waals surface area contributed by atoms with Crippen LogP contribution in [0.1, 0.15) is 32.1 Å². The predicted molar refractivity (Wildman–Crippen MR) is 84.7 cm³/mol. The zero-order valence-electron chi connectivity index (χ0n) is 12.4. The van der Waals surface area contributed by atoms with Gasteiger partial charge in [-0.1, -0.05) is 12.8 Å². The summed E-state index contributed by atoms with van der Waals surface area (Å²) < 4.78 is 0. The molecule has 2 rings (SSSR count). The molecule has 118 valence electrons. The largest absolute Gasteiger partial charge is 0.361 e. The summed E-state index contributed by atoms with van der Waals surface area (Å²) in [6.45, 7) is 0.658. The van der Waals surface area contributed by atoms with Crippen LogP contribution in [-0.2, 0) is 9.59 Å². The van der Waals surface area contributed by atoms with Gasteiger partial charge in [-0.2, -0.15) is 0 Å². The van der Waals surface area contributed by atoms with E-state index in [1.807, 2.05) is 30.5 Å². The van der Waals surface area contributed by atoms with E-state index in [4.69, 9.17) is 5.21 Å². The highest BCUT2D eigenvalue weighted by molar-refractivity contribution is 5.86. The molecule has 1 aromatic heterocycles. The number of nitrogens with one attached hydrogen (secondary N) is 2. The van der Waals surface area contributed by atoms with Crippen LogP contribution in [0.3, 0.4) is 0 Å². The van der Waals surface area contributed by atoms with E-state index >= 15 is 0 Å². The van der Waals surface area contributed by atoms with Crippen molar-refractivity contribution in [3.05, 3.63) is 30.5 Å². The summed E-state index contributed by atoms with van der Waals surface area (Å²) in [5.41, 5.74) is 3.56. The van der Waals surface area contributed by atoms with Gasteiger partial charge in [0.15, 0.2) is 0 Å². The molecule has 0 spiro atoms. The Balaban J connectivity index is 1.77. The molecule has 0 saturated heterocycles. The second-order valence-corrected chi connectivity index (χ2v) is 5.25. The molecule has 0 unspecified atom stereocenters. The van der Waals surface area contributed by atoms with Crippen LogP contribution < -0.4 is 10.4 Å². The molecule has 2 aromatic rings. The van der Waals surface area contributed by atoms with E-state index in [2.05, 4.69) is 4.98 Å². The van der Waals surface area contributed by atoms with Crippen molar-refractivity contribution in [3.8, 4) is 0 Å². The van der Waals surface area contributed by atoms with Crippen LogP contribution in [0.2, 0.25) is 0 Å². The lowest BCUT2D eigenvalue weighted by molar-refractivity contribution is -0.129. The molecule has 0 aliphatic rings. The SMILES string of the molecule is O=CN(CCCCCCC(=O)NO)c1ccc2[nH]ccc2c1. The Labute approximate surface area is 129 Å². The highest BCUT2D eigenvalue weighted by Gasteiger charge is 2.06. The fourth-order valence-corrected chi connectivity index (χ4v) is 2.44. The zero-order chi connectivity index (χ0) is 15.8. The molecule has 3 N–H and O–H groups in total. The predicted octanol–water partition coefficient (Wildman–Crippen LogP) is 2.59. The van der Waals surface area contributed by atoms with Crippen molar-refractivity contribution in [2.45, 2.75) is 32.1 Å². The number of benzene rings is 1. The van der Waals surface area contributed by atoms with E-state index in [0.29, 0.717) is 13.0 Å². The first kappa shape index (κ1) is 16.0. The van der Waals surface area contributed by atoms with Gasteiger partial charge in [-0.05, 0) is 37.1 Å². The number of unbranched alkanes of at least 4 members (excludes halogenated alkanes) is 3. The van der Waals surface area contributed by atoms with E-state index in [9.17, 15) is 9.59 Å². The fourth-order valence-electron chi connectivity index (χ4n) is 2.44. The monoisotopic (exact) mass is 303 g/mol. The Morgan fingerprint density at radius 1 is 1.23 bits per heavy atom. The lowest BCUT2D eigenvalue weighted by atomic mass is 10.1. The maximum Gasteiger partial charge on any atom is 0.243 e. The molecule has 6 heteroatoms. The Morgan fingerprint density at radius 3 is 2.82 bits per heavy atom. The molecule has 2 amide bonds. The smallest absolute Gasteiger partial charge is 0.243 e. The number of fused-ring (bicyclic) bond motifs is 1. The summed E-state index contributed by atoms with van der Waals surface area (Å²) >= 11 is 0. The Hall–Kier alpha value is -2.34. The molecule has 0 bridgehead atoms. The van der Waals surface area contributed by atoms with Crippen LogP contribution in [0, 0.1) is 0 Å². The molecule has 6 nitrogen and oxygen atoms in total. The van der Waals surface area contributed by atoms with Gasteiger partial charge >= 0.3 is 0 Å². The first-order valence-electron chi connectivity index (χ1n) is 7.46. The Kier molecular flexibility index (Phi) is 5.97.